The Bertz CT molecular complexity index is 452. The van der Waals surface area contributed by atoms with E-state index in [2.05, 4.69) is 19.1 Å². The molecule has 0 heterocycles. The summed E-state index contributed by atoms with van der Waals surface area (Å²) in [6.07, 6.45) is 3.61. The van der Waals surface area contributed by atoms with Gasteiger partial charge < -0.3 is 9.47 Å². The SMILES string of the molecule is CCCOC1CCCC1(C(=O)OC)c1ccc(C)cc1. The molecular weight excluding hydrogens is 252 g/mol. The number of hydrogen-bond acceptors (Lipinski definition) is 3. The quantitative estimate of drug-likeness (QED) is 0.773. The van der Waals surface area contributed by atoms with Crippen LogP contribution in [0.1, 0.15) is 43.7 Å². The predicted octanol–water partition coefficient (Wildman–Crippen LogP) is 3.38. The average molecular weight is 276 g/mol. The Morgan fingerprint density at radius 1 is 1.35 bits per heavy atom. The number of carbonyl (C=O) groups excluding carboxylic acids is 1. The molecule has 0 bridgehead atoms. The Labute approximate surface area is 121 Å². The average Bonchev–Trinajstić information content (AvgIpc) is 2.89. The van der Waals surface area contributed by atoms with Gasteiger partial charge in [0.1, 0.15) is 5.41 Å². The summed E-state index contributed by atoms with van der Waals surface area (Å²) in [7, 11) is 1.47. The highest BCUT2D eigenvalue weighted by molar-refractivity contribution is 5.84. The molecule has 2 rings (SSSR count). The minimum atomic E-state index is -0.627. The van der Waals surface area contributed by atoms with Crippen molar-refractivity contribution in [1.29, 1.82) is 0 Å². The molecule has 1 aromatic rings. The van der Waals surface area contributed by atoms with Crippen LogP contribution in [0.4, 0.5) is 0 Å². The zero-order valence-corrected chi connectivity index (χ0v) is 12.6. The summed E-state index contributed by atoms with van der Waals surface area (Å²) < 4.78 is 11.1. The van der Waals surface area contributed by atoms with E-state index in [9.17, 15) is 4.79 Å². The van der Waals surface area contributed by atoms with Gasteiger partial charge in [-0.05, 0) is 38.2 Å². The maximum atomic E-state index is 12.5. The molecule has 3 nitrogen and oxygen atoms in total. The Hall–Kier alpha value is -1.35. The van der Waals surface area contributed by atoms with Gasteiger partial charge in [-0.2, -0.15) is 0 Å². The first-order chi connectivity index (χ1) is 9.65. The third kappa shape index (κ3) is 2.59. The fourth-order valence-corrected chi connectivity index (χ4v) is 3.17. The molecule has 1 saturated carbocycles. The minimum absolute atomic E-state index is 0.0717. The van der Waals surface area contributed by atoms with Crippen LogP contribution in [0.25, 0.3) is 0 Å². The van der Waals surface area contributed by atoms with E-state index in [0.717, 1.165) is 31.2 Å². The fraction of sp³-hybridized carbons (Fsp3) is 0.588. The van der Waals surface area contributed by atoms with Crippen molar-refractivity contribution in [3.63, 3.8) is 0 Å². The molecule has 2 atom stereocenters. The van der Waals surface area contributed by atoms with Gasteiger partial charge in [0.2, 0.25) is 0 Å². The molecule has 1 aliphatic carbocycles. The van der Waals surface area contributed by atoms with Gasteiger partial charge in [0, 0.05) is 6.61 Å². The van der Waals surface area contributed by atoms with E-state index in [1.165, 1.54) is 12.7 Å². The van der Waals surface area contributed by atoms with Crippen molar-refractivity contribution < 1.29 is 14.3 Å². The molecule has 0 radical (unpaired) electrons. The van der Waals surface area contributed by atoms with E-state index in [4.69, 9.17) is 9.47 Å². The lowest BCUT2D eigenvalue weighted by Gasteiger charge is -2.33. The highest BCUT2D eigenvalue weighted by atomic mass is 16.5. The van der Waals surface area contributed by atoms with Crippen molar-refractivity contribution in [1.82, 2.24) is 0 Å². The number of benzene rings is 1. The first-order valence-corrected chi connectivity index (χ1v) is 7.42. The van der Waals surface area contributed by atoms with Crippen LogP contribution >= 0.6 is 0 Å². The van der Waals surface area contributed by atoms with Gasteiger partial charge in [0.05, 0.1) is 13.2 Å². The molecule has 0 amide bonds. The largest absolute Gasteiger partial charge is 0.468 e. The summed E-state index contributed by atoms with van der Waals surface area (Å²) in [5.74, 6) is -0.167. The molecule has 20 heavy (non-hydrogen) atoms. The van der Waals surface area contributed by atoms with Crippen LogP contribution in [0.15, 0.2) is 24.3 Å². The second-order valence-electron chi connectivity index (χ2n) is 5.58. The van der Waals surface area contributed by atoms with E-state index in [1.54, 1.807) is 0 Å². The monoisotopic (exact) mass is 276 g/mol. The van der Waals surface area contributed by atoms with Gasteiger partial charge >= 0.3 is 5.97 Å². The summed E-state index contributed by atoms with van der Waals surface area (Å²) in [5, 5.41) is 0. The molecule has 1 fully saturated rings. The summed E-state index contributed by atoms with van der Waals surface area (Å²) in [6.45, 7) is 4.82. The number of carbonyl (C=O) groups is 1. The lowest BCUT2D eigenvalue weighted by Crippen LogP contribution is -2.45. The van der Waals surface area contributed by atoms with Crippen LogP contribution in [0.3, 0.4) is 0 Å². The van der Waals surface area contributed by atoms with Gasteiger partial charge in [-0.15, -0.1) is 0 Å². The molecule has 0 saturated heterocycles. The zero-order valence-electron chi connectivity index (χ0n) is 12.6. The van der Waals surface area contributed by atoms with E-state index in [0.29, 0.717) is 6.61 Å². The van der Waals surface area contributed by atoms with Crippen LogP contribution in [0.5, 0.6) is 0 Å². The van der Waals surface area contributed by atoms with E-state index in [-0.39, 0.29) is 12.1 Å². The molecule has 1 aliphatic rings. The second-order valence-corrected chi connectivity index (χ2v) is 5.58. The molecule has 0 aliphatic heterocycles. The van der Waals surface area contributed by atoms with E-state index in [1.807, 2.05) is 19.1 Å². The predicted molar refractivity (Wildman–Crippen MR) is 78.8 cm³/mol. The first kappa shape index (κ1) is 15.0. The molecule has 3 heteroatoms. The lowest BCUT2D eigenvalue weighted by molar-refractivity contribution is -0.153. The maximum absolute atomic E-state index is 12.5. The molecule has 1 aromatic carbocycles. The summed E-state index contributed by atoms with van der Waals surface area (Å²) >= 11 is 0. The number of methoxy groups -OCH3 is 1. The molecule has 0 spiro atoms. The van der Waals surface area contributed by atoms with Crippen molar-refractivity contribution in [3.8, 4) is 0 Å². The van der Waals surface area contributed by atoms with Crippen molar-refractivity contribution in [3.05, 3.63) is 35.4 Å². The van der Waals surface area contributed by atoms with E-state index >= 15 is 0 Å². The minimum Gasteiger partial charge on any atom is -0.468 e. The zero-order chi connectivity index (χ0) is 14.6. The first-order valence-electron chi connectivity index (χ1n) is 7.42. The van der Waals surface area contributed by atoms with Gasteiger partial charge in [-0.3, -0.25) is 4.79 Å². The highest BCUT2D eigenvalue weighted by Gasteiger charge is 2.52. The molecule has 110 valence electrons. The molecule has 0 aromatic heterocycles. The topological polar surface area (TPSA) is 35.5 Å². The van der Waals surface area contributed by atoms with Gasteiger partial charge in [-0.1, -0.05) is 36.8 Å². The number of hydrogen-bond donors (Lipinski definition) is 0. The Kier molecular flexibility index (Phi) is 4.81. The Morgan fingerprint density at radius 2 is 2.05 bits per heavy atom. The molecule has 2 unspecified atom stereocenters. The number of rotatable bonds is 5. The van der Waals surface area contributed by atoms with Gasteiger partial charge in [0.15, 0.2) is 0 Å². The third-order valence-electron chi connectivity index (χ3n) is 4.23. The van der Waals surface area contributed by atoms with Crippen LogP contribution in [-0.2, 0) is 19.7 Å². The number of esters is 1. The fourth-order valence-electron chi connectivity index (χ4n) is 3.17. The normalized spacial score (nSPS) is 25.6. The lowest BCUT2D eigenvalue weighted by atomic mass is 9.76. The summed E-state index contributed by atoms with van der Waals surface area (Å²) in [6, 6.07) is 8.18. The number of ether oxygens (including phenoxy) is 2. The molecular formula is C17H24O3. The Balaban J connectivity index is 2.39. The van der Waals surface area contributed by atoms with E-state index < -0.39 is 5.41 Å². The third-order valence-corrected chi connectivity index (χ3v) is 4.23. The van der Waals surface area contributed by atoms with Crippen LogP contribution < -0.4 is 0 Å². The standard InChI is InChI=1S/C17H24O3/c1-4-12-20-15-6-5-11-17(15,16(18)19-3)14-9-7-13(2)8-10-14/h7-10,15H,4-6,11-12H2,1-3H3. The van der Waals surface area contributed by atoms with Gasteiger partial charge in [0.25, 0.3) is 0 Å². The Morgan fingerprint density at radius 3 is 2.65 bits per heavy atom. The summed E-state index contributed by atoms with van der Waals surface area (Å²) in [5.41, 5.74) is 1.59. The maximum Gasteiger partial charge on any atom is 0.318 e. The van der Waals surface area contributed by atoms with Crippen LogP contribution in [0.2, 0.25) is 0 Å². The van der Waals surface area contributed by atoms with Crippen molar-refractivity contribution in [2.75, 3.05) is 13.7 Å². The highest BCUT2D eigenvalue weighted by Crippen LogP contribution is 2.44. The van der Waals surface area contributed by atoms with Crippen molar-refractivity contribution >= 4 is 5.97 Å². The van der Waals surface area contributed by atoms with Crippen LogP contribution in [0, 0.1) is 6.92 Å². The van der Waals surface area contributed by atoms with Crippen molar-refractivity contribution in [2.45, 2.75) is 51.0 Å². The van der Waals surface area contributed by atoms with Crippen LogP contribution in [-0.4, -0.2) is 25.8 Å². The smallest absolute Gasteiger partial charge is 0.318 e. The molecule has 0 N–H and O–H groups in total. The van der Waals surface area contributed by atoms with Crippen molar-refractivity contribution in [2.24, 2.45) is 0 Å². The van der Waals surface area contributed by atoms with Gasteiger partial charge in [-0.25, -0.2) is 0 Å². The second kappa shape index (κ2) is 6.40. The number of aryl methyl sites for hydroxylation is 1. The summed E-state index contributed by atoms with van der Waals surface area (Å²) in [4.78, 5) is 12.5.